The van der Waals surface area contributed by atoms with Gasteiger partial charge in [-0.3, -0.25) is 19.2 Å². The van der Waals surface area contributed by atoms with Crippen molar-refractivity contribution in [3.8, 4) is 0 Å². The number of carbonyl (C=O) groups is 4. The molecule has 3 aliphatic heterocycles. The smallest absolute Gasteiger partial charge is 0.313 e. The lowest BCUT2D eigenvalue weighted by Crippen LogP contribution is -2.56. The van der Waals surface area contributed by atoms with Crippen molar-refractivity contribution >= 4 is 23.7 Å². The van der Waals surface area contributed by atoms with Gasteiger partial charge in [0.25, 0.3) is 0 Å². The van der Waals surface area contributed by atoms with Crippen molar-refractivity contribution in [1.29, 1.82) is 0 Å². The molecule has 0 unspecified atom stereocenters. The minimum Gasteiger partial charge on any atom is -0.455 e. The summed E-state index contributed by atoms with van der Waals surface area (Å²) in [4.78, 5) is 58.4. The second-order valence-corrected chi connectivity index (χ2v) is 12.3. The van der Waals surface area contributed by atoms with Crippen LogP contribution in [0.25, 0.3) is 0 Å². The molecular formula is C35H49N3O8. The Bertz CT molecular complexity index is 1240. The lowest BCUT2D eigenvalue weighted by atomic mass is 9.70. The number of rotatable bonds is 19. The number of aliphatic hydroxyl groups is 1. The topological polar surface area (TPSA) is 135 Å². The van der Waals surface area contributed by atoms with E-state index in [0.717, 1.165) is 19.3 Å². The number of likely N-dealkylation sites (tertiary alicyclic amines) is 1. The number of nitrogens with one attached hydrogen (secondary N) is 1. The molecule has 1 aromatic rings. The van der Waals surface area contributed by atoms with Crippen LogP contribution in [-0.4, -0.2) is 102 Å². The molecule has 2 bridgehead atoms. The van der Waals surface area contributed by atoms with Crippen LogP contribution in [0.1, 0.15) is 63.5 Å². The highest BCUT2D eigenvalue weighted by Gasteiger charge is 2.75. The molecule has 11 nitrogen and oxygen atoms in total. The number of fused-ring (bicyclic) bond motifs is 1. The molecule has 3 saturated heterocycles. The lowest BCUT2D eigenvalue weighted by molar-refractivity contribution is -0.163. The minimum absolute atomic E-state index is 0.0561. The number of aliphatic hydroxyl groups excluding tert-OH is 1. The van der Waals surface area contributed by atoms with Crippen LogP contribution < -0.4 is 5.32 Å². The number of allylic oxidation sites excluding steroid dienone is 1. The van der Waals surface area contributed by atoms with Crippen LogP contribution >= 0.6 is 0 Å². The summed E-state index contributed by atoms with van der Waals surface area (Å²) < 4.78 is 18.2. The quantitative estimate of drug-likeness (QED) is 0.134. The summed E-state index contributed by atoms with van der Waals surface area (Å²) in [5.41, 5.74) is -0.560. The van der Waals surface area contributed by atoms with Gasteiger partial charge >= 0.3 is 5.97 Å². The normalized spacial score (nSPS) is 25.9. The second-order valence-electron chi connectivity index (χ2n) is 12.3. The van der Waals surface area contributed by atoms with E-state index in [1.54, 1.807) is 29.2 Å². The predicted molar refractivity (Wildman–Crippen MR) is 171 cm³/mol. The number of hydrogen-bond acceptors (Lipinski definition) is 8. The number of unbranched alkanes of at least 4 members (excludes halogenated alkanes) is 2. The van der Waals surface area contributed by atoms with Gasteiger partial charge in [0.1, 0.15) is 17.7 Å². The van der Waals surface area contributed by atoms with Gasteiger partial charge in [-0.15, -0.1) is 13.2 Å². The van der Waals surface area contributed by atoms with E-state index in [1.807, 2.05) is 18.2 Å². The van der Waals surface area contributed by atoms with E-state index in [4.69, 9.17) is 14.2 Å². The summed E-state index contributed by atoms with van der Waals surface area (Å²) in [5, 5.41) is 12.9. The van der Waals surface area contributed by atoms with Crippen molar-refractivity contribution < 1.29 is 38.5 Å². The van der Waals surface area contributed by atoms with E-state index in [9.17, 15) is 24.3 Å². The van der Waals surface area contributed by atoms with Gasteiger partial charge in [-0.2, -0.15) is 0 Å². The summed E-state index contributed by atoms with van der Waals surface area (Å²) >= 11 is 0. The molecule has 1 aromatic carbocycles. The zero-order valence-corrected chi connectivity index (χ0v) is 27.1. The van der Waals surface area contributed by atoms with Crippen LogP contribution in [0.15, 0.2) is 55.6 Å². The molecular weight excluding hydrogens is 590 g/mol. The van der Waals surface area contributed by atoms with Gasteiger partial charge in [0.15, 0.2) is 0 Å². The first-order chi connectivity index (χ1) is 22.3. The molecule has 1 spiro atoms. The largest absolute Gasteiger partial charge is 0.455 e. The summed E-state index contributed by atoms with van der Waals surface area (Å²) in [6.07, 6.45) is 6.15. The molecule has 46 heavy (non-hydrogen) atoms. The summed E-state index contributed by atoms with van der Waals surface area (Å²) in [6.45, 7) is 10.1. The minimum atomic E-state index is -1.21. The average Bonchev–Trinajstić information content (AvgIpc) is 3.70. The zero-order chi connectivity index (χ0) is 33.3. The van der Waals surface area contributed by atoms with Crippen LogP contribution in [0, 0.1) is 11.8 Å². The molecule has 3 heterocycles. The summed E-state index contributed by atoms with van der Waals surface area (Å²) in [6, 6.07) is 7.39. The van der Waals surface area contributed by atoms with Crippen LogP contribution in [0.3, 0.4) is 0 Å². The molecule has 3 fully saturated rings. The number of hydrogen-bond donors (Lipinski definition) is 2. The third kappa shape index (κ3) is 7.21. The highest BCUT2D eigenvalue weighted by molar-refractivity contribution is 5.98. The number of carbonyl (C=O) groups excluding carboxylic acids is 4. The number of nitrogens with zero attached hydrogens (tertiary/aromatic N) is 2. The monoisotopic (exact) mass is 639 g/mol. The third-order valence-corrected chi connectivity index (χ3v) is 9.34. The Morgan fingerprint density at radius 2 is 1.98 bits per heavy atom. The fourth-order valence-corrected chi connectivity index (χ4v) is 7.35. The summed E-state index contributed by atoms with van der Waals surface area (Å²) in [5.74, 6) is -3.44. The lowest BCUT2D eigenvalue weighted by Gasteiger charge is -2.36. The van der Waals surface area contributed by atoms with Gasteiger partial charge in [-0.05, 0) is 31.2 Å². The Hall–Kier alpha value is -3.54. The maximum Gasteiger partial charge on any atom is 0.313 e. The second kappa shape index (κ2) is 16.3. The van der Waals surface area contributed by atoms with Crippen LogP contribution in [-0.2, 0) is 33.4 Å². The molecule has 0 radical (unpaired) electrons. The Morgan fingerprint density at radius 1 is 1.22 bits per heavy atom. The first kappa shape index (κ1) is 35.3. The maximum atomic E-state index is 14.2. The van der Waals surface area contributed by atoms with Gasteiger partial charge in [-0.25, -0.2) is 0 Å². The molecule has 0 saturated carbocycles. The van der Waals surface area contributed by atoms with Crippen LogP contribution in [0.2, 0.25) is 0 Å². The molecule has 252 valence electrons. The number of methoxy groups -OCH3 is 1. The van der Waals surface area contributed by atoms with E-state index in [2.05, 4.69) is 25.4 Å². The van der Waals surface area contributed by atoms with E-state index >= 15 is 0 Å². The van der Waals surface area contributed by atoms with Crippen molar-refractivity contribution in [3.05, 3.63) is 61.2 Å². The Kier molecular flexibility index (Phi) is 12.5. The maximum absolute atomic E-state index is 14.2. The van der Waals surface area contributed by atoms with Crippen molar-refractivity contribution in [2.45, 2.75) is 81.8 Å². The summed E-state index contributed by atoms with van der Waals surface area (Å²) in [7, 11) is 1.50. The van der Waals surface area contributed by atoms with Gasteiger partial charge < -0.3 is 34.4 Å². The van der Waals surface area contributed by atoms with Crippen LogP contribution in [0.4, 0.5) is 0 Å². The Morgan fingerprint density at radius 3 is 2.63 bits per heavy atom. The Labute approximate surface area is 271 Å². The van der Waals surface area contributed by atoms with Gasteiger partial charge in [0.2, 0.25) is 17.7 Å². The number of ether oxygens (including phenoxy) is 3. The van der Waals surface area contributed by atoms with Gasteiger partial charge in [0.05, 0.1) is 37.2 Å². The highest BCUT2D eigenvalue weighted by atomic mass is 16.6. The number of β-amino-alcohol motifs (C(OH)–C–C–N with tert-alkyl or cyclic N) is 1. The predicted octanol–water partition coefficient (Wildman–Crippen LogP) is 2.94. The number of benzene rings is 1. The first-order valence-corrected chi connectivity index (χ1v) is 16.4. The van der Waals surface area contributed by atoms with E-state index < -0.39 is 53.6 Å². The number of amides is 3. The van der Waals surface area contributed by atoms with E-state index in [-0.39, 0.29) is 38.0 Å². The molecule has 0 aromatic heterocycles. The molecule has 3 aliphatic rings. The van der Waals surface area contributed by atoms with Crippen molar-refractivity contribution in [2.24, 2.45) is 11.8 Å². The molecule has 4 rings (SSSR count). The van der Waals surface area contributed by atoms with Gasteiger partial charge in [0, 0.05) is 33.2 Å². The van der Waals surface area contributed by atoms with E-state index in [1.165, 1.54) is 12.0 Å². The molecule has 2 N–H and O–H groups in total. The highest BCUT2D eigenvalue weighted by Crippen LogP contribution is 2.59. The molecule has 11 heteroatoms. The Balaban J connectivity index is 1.65. The standard InChI is InChI=1S/C35H49N3O8/c1-5-8-13-20-37(19-7-3)33(42)31-35-18-17-26(46-35)28(29(35)32(41)38(31)21-22-39)34(43)45-30(24-14-11-10-12-15-24)25(23-44-4)36-27(40)16-9-6-2/h6-7,10-12,14-15,25-26,28-31,39H,2-3,5,8-9,13,16-23H2,1,4H3,(H,36,40)/t25-,26-,28+,29+,30-,31-,35+/m0/s1. The van der Waals surface area contributed by atoms with Crippen molar-refractivity contribution in [2.75, 3.05) is 40.0 Å². The van der Waals surface area contributed by atoms with Crippen molar-refractivity contribution in [3.63, 3.8) is 0 Å². The van der Waals surface area contributed by atoms with Gasteiger partial charge in [-0.1, -0.05) is 62.2 Å². The molecule has 0 aliphatic carbocycles. The fourth-order valence-electron chi connectivity index (χ4n) is 7.35. The molecule has 3 amide bonds. The number of esters is 1. The average molecular weight is 640 g/mol. The zero-order valence-electron chi connectivity index (χ0n) is 27.1. The van der Waals surface area contributed by atoms with Crippen LogP contribution in [0.5, 0.6) is 0 Å². The van der Waals surface area contributed by atoms with E-state index in [0.29, 0.717) is 37.9 Å². The first-order valence-electron chi connectivity index (χ1n) is 16.4. The fraction of sp³-hybridized carbons (Fsp3) is 0.600. The molecule has 7 atom stereocenters. The van der Waals surface area contributed by atoms with Crippen molar-refractivity contribution in [1.82, 2.24) is 15.1 Å². The SMILES string of the molecule is C=CCCC(=O)N[C@@H](COC)[C@@H](OC(=O)[C@@H]1[C@@H]2CC[C@]3(O2)[C@H](C(=O)N(CC=C)CCCCC)N(CCO)C(=O)[C@@H]13)c1ccccc1. The third-order valence-electron chi connectivity index (χ3n) is 9.34.